The molecule has 1 aliphatic heterocycles. The molecular weight excluding hydrogens is 242 g/mol. The van der Waals surface area contributed by atoms with Crippen molar-refractivity contribution in [2.45, 2.75) is 6.92 Å². The first-order chi connectivity index (χ1) is 8.83. The second-order valence-corrected chi connectivity index (χ2v) is 5.60. The molecule has 94 valence electrons. The van der Waals surface area contributed by atoms with Crippen LogP contribution in [0, 0.1) is 6.92 Å². The molecule has 0 saturated carbocycles. The molecule has 2 aromatic rings. The normalized spacial score (nSPS) is 15.9. The molecule has 1 aliphatic rings. The Bertz CT molecular complexity index is 512. The summed E-state index contributed by atoms with van der Waals surface area (Å²) in [5.41, 5.74) is 3.61. The van der Waals surface area contributed by atoms with E-state index in [0.29, 0.717) is 0 Å². The van der Waals surface area contributed by atoms with Crippen LogP contribution in [0.4, 0.5) is 5.69 Å². The molecule has 3 rings (SSSR count). The molecule has 4 heteroatoms. The lowest BCUT2D eigenvalue weighted by molar-refractivity contribution is 0.589. The molecule has 0 aliphatic carbocycles. The monoisotopic (exact) mass is 259 g/mol. The van der Waals surface area contributed by atoms with E-state index in [1.807, 2.05) is 6.92 Å². The number of anilines is 1. The van der Waals surface area contributed by atoms with Crippen LogP contribution in [0.25, 0.3) is 11.3 Å². The van der Waals surface area contributed by atoms with Crippen LogP contribution >= 0.6 is 11.3 Å². The van der Waals surface area contributed by atoms with E-state index in [1.54, 1.807) is 11.3 Å². The zero-order valence-corrected chi connectivity index (χ0v) is 11.3. The van der Waals surface area contributed by atoms with Crippen LogP contribution in [0.3, 0.4) is 0 Å². The molecule has 0 bridgehead atoms. The van der Waals surface area contributed by atoms with Crippen LogP contribution in [-0.4, -0.2) is 31.2 Å². The Morgan fingerprint density at radius 3 is 2.50 bits per heavy atom. The van der Waals surface area contributed by atoms with Crippen LogP contribution in [-0.2, 0) is 0 Å². The van der Waals surface area contributed by atoms with E-state index < -0.39 is 0 Å². The highest BCUT2D eigenvalue weighted by atomic mass is 32.1. The fourth-order valence-electron chi connectivity index (χ4n) is 2.26. The van der Waals surface area contributed by atoms with Gasteiger partial charge in [0.25, 0.3) is 0 Å². The number of benzene rings is 1. The highest BCUT2D eigenvalue weighted by molar-refractivity contribution is 7.09. The Kier molecular flexibility index (Phi) is 3.30. The Hall–Kier alpha value is -1.39. The van der Waals surface area contributed by atoms with Crippen LogP contribution in [0.5, 0.6) is 0 Å². The van der Waals surface area contributed by atoms with Crippen molar-refractivity contribution >= 4 is 17.0 Å². The summed E-state index contributed by atoms with van der Waals surface area (Å²) < 4.78 is 0. The first-order valence-corrected chi connectivity index (χ1v) is 7.19. The van der Waals surface area contributed by atoms with Crippen LogP contribution in [0.2, 0.25) is 0 Å². The number of thiazole rings is 1. The van der Waals surface area contributed by atoms with E-state index in [1.165, 1.54) is 11.3 Å². The molecule has 0 atom stereocenters. The molecule has 1 fully saturated rings. The van der Waals surface area contributed by atoms with Gasteiger partial charge in [0.15, 0.2) is 0 Å². The van der Waals surface area contributed by atoms with Gasteiger partial charge in [-0.3, -0.25) is 0 Å². The van der Waals surface area contributed by atoms with Gasteiger partial charge in [0.1, 0.15) is 0 Å². The lowest BCUT2D eigenvalue weighted by Gasteiger charge is -2.29. The molecule has 0 unspecified atom stereocenters. The number of hydrogen-bond acceptors (Lipinski definition) is 4. The molecular formula is C14H17N3S. The second-order valence-electron chi connectivity index (χ2n) is 4.54. The molecule has 18 heavy (non-hydrogen) atoms. The van der Waals surface area contributed by atoms with Crippen molar-refractivity contribution in [3.63, 3.8) is 0 Å². The summed E-state index contributed by atoms with van der Waals surface area (Å²) in [6, 6.07) is 8.75. The first kappa shape index (κ1) is 11.7. The van der Waals surface area contributed by atoms with Gasteiger partial charge < -0.3 is 10.2 Å². The minimum absolute atomic E-state index is 1.08. The van der Waals surface area contributed by atoms with Crippen LogP contribution < -0.4 is 10.2 Å². The van der Waals surface area contributed by atoms with E-state index in [-0.39, 0.29) is 0 Å². The largest absolute Gasteiger partial charge is 0.369 e. The zero-order chi connectivity index (χ0) is 12.4. The van der Waals surface area contributed by atoms with Gasteiger partial charge in [-0.1, -0.05) is 12.1 Å². The van der Waals surface area contributed by atoms with Gasteiger partial charge in [-0.25, -0.2) is 4.98 Å². The number of aromatic nitrogens is 1. The lowest BCUT2D eigenvalue weighted by Crippen LogP contribution is -2.43. The summed E-state index contributed by atoms with van der Waals surface area (Å²) >= 11 is 1.70. The highest BCUT2D eigenvalue weighted by Crippen LogP contribution is 2.24. The Morgan fingerprint density at radius 2 is 1.89 bits per heavy atom. The molecule has 1 N–H and O–H groups in total. The quantitative estimate of drug-likeness (QED) is 0.898. The second kappa shape index (κ2) is 5.08. The van der Waals surface area contributed by atoms with Crippen molar-refractivity contribution in [3.05, 3.63) is 34.7 Å². The number of piperazine rings is 1. The summed E-state index contributed by atoms with van der Waals surface area (Å²) in [5.74, 6) is 0. The van der Waals surface area contributed by atoms with E-state index in [2.05, 4.69) is 44.8 Å². The van der Waals surface area contributed by atoms with Crippen molar-refractivity contribution in [1.82, 2.24) is 10.3 Å². The number of rotatable bonds is 2. The summed E-state index contributed by atoms with van der Waals surface area (Å²) in [6.45, 7) is 6.38. The molecule has 1 aromatic carbocycles. The maximum Gasteiger partial charge on any atom is 0.0901 e. The number of aryl methyl sites for hydroxylation is 1. The standard InChI is InChI=1S/C14H17N3S/c1-11-16-14(10-18-11)12-2-4-13(5-3-12)17-8-6-15-7-9-17/h2-5,10,15H,6-9H2,1H3. The molecule has 0 amide bonds. The van der Waals surface area contributed by atoms with Gasteiger partial charge >= 0.3 is 0 Å². The van der Waals surface area contributed by atoms with E-state index in [4.69, 9.17) is 0 Å². The Labute approximate surface area is 111 Å². The number of nitrogens with one attached hydrogen (secondary N) is 1. The maximum absolute atomic E-state index is 4.52. The van der Waals surface area contributed by atoms with Crippen molar-refractivity contribution < 1.29 is 0 Å². The van der Waals surface area contributed by atoms with Gasteiger partial charge in [0, 0.05) is 42.8 Å². The highest BCUT2D eigenvalue weighted by Gasteiger charge is 2.10. The van der Waals surface area contributed by atoms with E-state index in [9.17, 15) is 0 Å². The fraction of sp³-hybridized carbons (Fsp3) is 0.357. The van der Waals surface area contributed by atoms with Gasteiger partial charge in [-0.15, -0.1) is 11.3 Å². The van der Waals surface area contributed by atoms with Gasteiger partial charge in [0.2, 0.25) is 0 Å². The third kappa shape index (κ3) is 2.40. The van der Waals surface area contributed by atoms with Crippen LogP contribution in [0.15, 0.2) is 29.6 Å². The minimum Gasteiger partial charge on any atom is -0.369 e. The summed E-state index contributed by atoms with van der Waals surface area (Å²) in [6.07, 6.45) is 0. The maximum atomic E-state index is 4.52. The summed E-state index contributed by atoms with van der Waals surface area (Å²) in [5, 5.41) is 6.62. The molecule has 1 saturated heterocycles. The summed E-state index contributed by atoms with van der Waals surface area (Å²) in [4.78, 5) is 6.94. The average Bonchev–Trinajstić information content (AvgIpc) is 2.87. The van der Waals surface area contributed by atoms with Gasteiger partial charge in [-0.05, 0) is 19.1 Å². The zero-order valence-electron chi connectivity index (χ0n) is 10.5. The fourth-order valence-corrected chi connectivity index (χ4v) is 2.88. The molecule has 1 aromatic heterocycles. The first-order valence-electron chi connectivity index (χ1n) is 6.31. The number of nitrogens with zero attached hydrogens (tertiary/aromatic N) is 2. The van der Waals surface area contributed by atoms with Crippen LogP contribution in [0.1, 0.15) is 5.01 Å². The predicted molar refractivity (Wildman–Crippen MR) is 77.4 cm³/mol. The SMILES string of the molecule is Cc1nc(-c2ccc(N3CCNCC3)cc2)cs1. The number of hydrogen-bond donors (Lipinski definition) is 1. The van der Waals surface area contributed by atoms with Gasteiger partial charge in [0.05, 0.1) is 10.7 Å². The van der Waals surface area contributed by atoms with Crippen molar-refractivity contribution in [3.8, 4) is 11.3 Å². The minimum atomic E-state index is 1.08. The average molecular weight is 259 g/mol. The molecule has 3 nitrogen and oxygen atoms in total. The molecule has 0 spiro atoms. The van der Waals surface area contributed by atoms with E-state index in [0.717, 1.165) is 36.9 Å². The van der Waals surface area contributed by atoms with Crippen molar-refractivity contribution in [1.29, 1.82) is 0 Å². The molecule has 0 radical (unpaired) electrons. The third-order valence-electron chi connectivity index (χ3n) is 3.26. The third-order valence-corrected chi connectivity index (χ3v) is 4.04. The predicted octanol–water partition coefficient (Wildman–Crippen LogP) is 2.53. The van der Waals surface area contributed by atoms with Crippen molar-refractivity contribution in [2.24, 2.45) is 0 Å². The topological polar surface area (TPSA) is 28.2 Å². The Balaban J connectivity index is 1.80. The summed E-state index contributed by atoms with van der Waals surface area (Å²) in [7, 11) is 0. The van der Waals surface area contributed by atoms with Gasteiger partial charge in [-0.2, -0.15) is 0 Å². The van der Waals surface area contributed by atoms with E-state index >= 15 is 0 Å². The smallest absolute Gasteiger partial charge is 0.0901 e. The lowest BCUT2D eigenvalue weighted by atomic mass is 10.1. The Morgan fingerprint density at radius 1 is 1.17 bits per heavy atom. The van der Waals surface area contributed by atoms with Crippen molar-refractivity contribution in [2.75, 3.05) is 31.1 Å². The molecule has 2 heterocycles.